The van der Waals surface area contributed by atoms with E-state index in [1.165, 1.54) is 19.1 Å². The van der Waals surface area contributed by atoms with Crippen molar-refractivity contribution in [3.05, 3.63) is 71.4 Å². The van der Waals surface area contributed by atoms with Crippen LogP contribution < -0.4 is 0 Å². The van der Waals surface area contributed by atoms with Gasteiger partial charge in [0.1, 0.15) is 5.70 Å². The van der Waals surface area contributed by atoms with Gasteiger partial charge in [-0.05, 0) is 31.2 Å². The number of hydrogen-bond donors (Lipinski definition) is 0. The molecule has 2 aromatic carbocycles. The molecule has 0 atom stereocenters. The molecule has 134 valence electrons. The standard InChI is InChI=1S/C19H17NO5S/c1-3-20-17(13(2)21)18(25-19(22)14-9-5-4-6-10-14)15-11-7-8-12-16(15)26(20,23)24/h4-12H,3H2,1-2H3. The number of hydrogen-bond acceptors (Lipinski definition) is 5. The van der Waals surface area contributed by atoms with Crippen LogP contribution in [0.4, 0.5) is 0 Å². The summed E-state index contributed by atoms with van der Waals surface area (Å²) in [5.74, 6) is -1.20. The third-order valence-corrected chi connectivity index (χ3v) is 5.92. The van der Waals surface area contributed by atoms with Crippen LogP contribution in [0, 0.1) is 0 Å². The first-order valence-corrected chi connectivity index (χ1v) is 9.46. The summed E-state index contributed by atoms with van der Waals surface area (Å²) >= 11 is 0. The highest BCUT2D eigenvalue weighted by molar-refractivity contribution is 7.89. The Morgan fingerprint density at radius 2 is 1.62 bits per heavy atom. The molecule has 1 aliphatic rings. The number of rotatable bonds is 4. The molecule has 0 N–H and O–H groups in total. The van der Waals surface area contributed by atoms with Crippen LogP contribution in [-0.2, 0) is 19.6 Å². The van der Waals surface area contributed by atoms with Crippen LogP contribution in [0.2, 0.25) is 0 Å². The molecule has 0 aliphatic carbocycles. The second kappa shape index (κ2) is 6.76. The molecule has 1 heterocycles. The zero-order valence-electron chi connectivity index (χ0n) is 14.3. The summed E-state index contributed by atoms with van der Waals surface area (Å²) in [6.45, 7) is 2.90. The molecular weight excluding hydrogens is 354 g/mol. The van der Waals surface area contributed by atoms with Crippen molar-refractivity contribution in [2.45, 2.75) is 18.7 Å². The summed E-state index contributed by atoms with van der Waals surface area (Å²) in [5, 5.41) is 0. The van der Waals surface area contributed by atoms with Crippen LogP contribution in [0.5, 0.6) is 0 Å². The quantitative estimate of drug-likeness (QED) is 0.772. The van der Waals surface area contributed by atoms with Gasteiger partial charge < -0.3 is 4.74 Å². The molecule has 1 aliphatic heterocycles. The van der Waals surface area contributed by atoms with Gasteiger partial charge in [0, 0.05) is 19.0 Å². The van der Waals surface area contributed by atoms with E-state index < -0.39 is 21.8 Å². The number of allylic oxidation sites excluding steroid dienone is 1. The zero-order chi connectivity index (χ0) is 18.9. The molecule has 26 heavy (non-hydrogen) atoms. The molecule has 0 radical (unpaired) electrons. The Bertz CT molecular complexity index is 1010. The molecule has 0 spiro atoms. The molecule has 0 amide bonds. The second-order valence-electron chi connectivity index (χ2n) is 5.66. The van der Waals surface area contributed by atoms with E-state index in [-0.39, 0.29) is 28.5 Å². The van der Waals surface area contributed by atoms with Crippen molar-refractivity contribution in [3.8, 4) is 0 Å². The van der Waals surface area contributed by atoms with Gasteiger partial charge in [-0.1, -0.05) is 30.3 Å². The maximum atomic E-state index is 12.9. The van der Waals surface area contributed by atoms with Crippen molar-refractivity contribution in [2.75, 3.05) is 6.54 Å². The van der Waals surface area contributed by atoms with E-state index in [0.717, 1.165) is 4.31 Å². The number of carbonyl (C=O) groups is 2. The highest BCUT2D eigenvalue weighted by Gasteiger charge is 2.39. The van der Waals surface area contributed by atoms with Gasteiger partial charge in [-0.15, -0.1) is 0 Å². The summed E-state index contributed by atoms with van der Waals surface area (Å²) < 4.78 is 32.2. The van der Waals surface area contributed by atoms with Crippen LogP contribution in [0.15, 0.2) is 65.2 Å². The van der Waals surface area contributed by atoms with Gasteiger partial charge >= 0.3 is 5.97 Å². The molecule has 0 fully saturated rings. The van der Waals surface area contributed by atoms with Crippen molar-refractivity contribution in [2.24, 2.45) is 0 Å². The fourth-order valence-corrected chi connectivity index (χ4v) is 4.57. The maximum Gasteiger partial charge on any atom is 0.343 e. The van der Waals surface area contributed by atoms with Crippen molar-refractivity contribution in [3.63, 3.8) is 0 Å². The highest BCUT2D eigenvalue weighted by atomic mass is 32.2. The fourth-order valence-electron chi connectivity index (χ4n) is 2.85. The number of esters is 1. The number of nitrogens with zero attached hydrogens (tertiary/aromatic N) is 1. The molecule has 0 saturated heterocycles. The molecule has 7 heteroatoms. The average Bonchev–Trinajstić information content (AvgIpc) is 2.64. The first-order valence-electron chi connectivity index (χ1n) is 8.02. The van der Waals surface area contributed by atoms with E-state index in [0.29, 0.717) is 5.56 Å². The zero-order valence-corrected chi connectivity index (χ0v) is 15.1. The number of likely N-dealkylation sites (N-methyl/N-ethyl adjacent to an activating group) is 1. The third-order valence-electron chi connectivity index (χ3n) is 3.99. The SMILES string of the molecule is CCN1C(C(C)=O)=C(OC(=O)c2ccccc2)c2ccccc2S1(=O)=O. The lowest BCUT2D eigenvalue weighted by atomic mass is 10.1. The first kappa shape index (κ1) is 17.9. The normalized spacial score (nSPS) is 15.4. The Kier molecular flexibility index (Phi) is 4.65. The number of benzene rings is 2. The number of ketones is 1. The minimum absolute atomic E-state index is 0.00251. The molecule has 0 bridgehead atoms. The number of sulfonamides is 1. The lowest BCUT2D eigenvalue weighted by molar-refractivity contribution is -0.114. The summed E-state index contributed by atoms with van der Waals surface area (Å²) in [7, 11) is -3.90. The number of ether oxygens (including phenoxy) is 1. The lowest BCUT2D eigenvalue weighted by Crippen LogP contribution is -2.38. The third kappa shape index (κ3) is 2.90. The van der Waals surface area contributed by atoms with E-state index in [4.69, 9.17) is 4.74 Å². The van der Waals surface area contributed by atoms with E-state index in [1.54, 1.807) is 49.4 Å². The molecule has 3 rings (SSSR count). The van der Waals surface area contributed by atoms with Crippen LogP contribution >= 0.6 is 0 Å². The van der Waals surface area contributed by atoms with Crippen LogP contribution in [0.25, 0.3) is 5.76 Å². The summed E-state index contributed by atoms with van der Waals surface area (Å²) in [5.41, 5.74) is 0.360. The van der Waals surface area contributed by atoms with Crippen molar-refractivity contribution < 1.29 is 22.7 Å². The Balaban J connectivity index is 2.21. The molecule has 2 aromatic rings. The van der Waals surface area contributed by atoms with Gasteiger partial charge in [0.05, 0.1) is 10.5 Å². The lowest BCUT2D eigenvalue weighted by Gasteiger charge is -2.31. The number of carbonyl (C=O) groups excluding carboxylic acids is 2. The molecule has 0 unspecified atom stereocenters. The van der Waals surface area contributed by atoms with Gasteiger partial charge in [-0.2, -0.15) is 0 Å². The minimum atomic E-state index is -3.90. The monoisotopic (exact) mass is 371 g/mol. The summed E-state index contributed by atoms with van der Waals surface area (Å²) in [4.78, 5) is 24.8. The van der Waals surface area contributed by atoms with E-state index in [1.807, 2.05) is 0 Å². The van der Waals surface area contributed by atoms with Crippen molar-refractivity contribution >= 4 is 27.5 Å². The van der Waals surface area contributed by atoms with Crippen LogP contribution in [-0.4, -0.2) is 31.0 Å². The predicted octanol–water partition coefficient (Wildman–Crippen LogP) is 2.83. The second-order valence-corrected chi connectivity index (χ2v) is 7.49. The average molecular weight is 371 g/mol. The molecule has 6 nitrogen and oxygen atoms in total. The number of fused-ring (bicyclic) bond motifs is 1. The molecule has 0 aromatic heterocycles. The van der Waals surface area contributed by atoms with Gasteiger partial charge in [-0.3, -0.25) is 9.10 Å². The Morgan fingerprint density at radius 3 is 2.23 bits per heavy atom. The summed E-state index contributed by atoms with van der Waals surface area (Å²) in [6, 6.07) is 14.5. The largest absolute Gasteiger partial charge is 0.420 e. The summed E-state index contributed by atoms with van der Waals surface area (Å²) in [6.07, 6.45) is 0. The highest BCUT2D eigenvalue weighted by Crippen LogP contribution is 2.37. The smallest absolute Gasteiger partial charge is 0.343 e. The molecular formula is C19H17NO5S. The van der Waals surface area contributed by atoms with Gasteiger partial charge in [0.2, 0.25) is 0 Å². The van der Waals surface area contributed by atoms with Crippen molar-refractivity contribution in [1.29, 1.82) is 0 Å². The van der Waals surface area contributed by atoms with E-state index in [2.05, 4.69) is 0 Å². The minimum Gasteiger partial charge on any atom is -0.420 e. The van der Waals surface area contributed by atoms with Gasteiger partial charge in [-0.25, -0.2) is 13.2 Å². The number of Topliss-reactive ketones (excluding diaryl/α,β-unsaturated/α-hetero) is 1. The fraction of sp³-hybridized carbons (Fsp3) is 0.158. The topological polar surface area (TPSA) is 80.8 Å². The predicted molar refractivity (Wildman–Crippen MR) is 95.5 cm³/mol. The van der Waals surface area contributed by atoms with E-state index >= 15 is 0 Å². The van der Waals surface area contributed by atoms with E-state index in [9.17, 15) is 18.0 Å². The Labute approximate surface area is 151 Å². The van der Waals surface area contributed by atoms with Crippen LogP contribution in [0.3, 0.4) is 0 Å². The van der Waals surface area contributed by atoms with Crippen molar-refractivity contribution in [1.82, 2.24) is 4.31 Å². The first-order chi connectivity index (χ1) is 12.4. The van der Waals surface area contributed by atoms with Gasteiger partial charge in [0.15, 0.2) is 11.5 Å². The Hall–Kier alpha value is -2.93. The van der Waals surface area contributed by atoms with Crippen LogP contribution in [0.1, 0.15) is 29.8 Å². The molecule has 0 saturated carbocycles. The van der Waals surface area contributed by atoms with Gasteiger partial charge in [0.25, 0.3) is 10.0 Å². The Morgan fingerprint density at radius 1 is 1.00 bits per heavy atom. The maximum absolute atomic E-state index is 12.9.